The second-order valence-electron chi connectivity index (χ2n) is 5.00. The summed E-state index contributed by atoms with van der Waals surface area (Å²) in [6, 6.07) is 9.72. The monoisotopic (exact) mass is 325 g/mol. The molecule has 0 saturated heterocycles. The van der Waals surface area contributed by atoms with Crippen LogP contribution in [-0.4, -0.2) is 5.75 Å². The summed E-state index contributed by atoms with van der Waals surface area (Å²) in [4.78, 5) is 1.12. The van der Waals surface area contributed by atoms with Crippen molar-refractivity contribution in [2.24, 2.45) is 0 Å². The van der Waals surface area contributed by atoms with Crippen molar-refractivity contribution in [3.63, 3.8) is 0 Å². The minimum absolute atomic E-state index is 0.112. The van der Waals surface area contributed by atoms with E-state index in [0.717, 1.165) is 28.2 Å². The molecule has 0 aliphatic carbocycles. The maximum Gasteiger partial charge on any atom is 0.141 e. The minimum Gasteiger partial charge on any atom is -0.306 e. The number of fused-ring (bicyclic) bond motifs is 1. The third kappa shape index (κ3) is 3.39. The Labute approximate surface area is 131 Å². The van der Waals surface area contributed by atoms with E-state index in [2.05, 4.69) is 5.32 Å². The van der Waals surface area contributed by atoms with Crippen molar-refractivity contribution in [2.75, 3.05) is 5.75 Å². The Bertz CT molecular complexity index is 663. The van der Waals surface area contributed by atoms with E-state index in [0.29, 0.717) is 6.54 Å². The van der Waals surface area contributed by atoms with E-state index < -0.39 is 5.82 Å². The van der Waals surface area contributed by atoms with Gasteiger partial charge in [0.05, 0.1) is 5.02 Å². The van der Waals surface area contributed by atoms with Crippen LogP contribution >= 0.6 is 23.4 Å². The summed E-state index contributed by atoms with van der Waals surface area (Å²) in [6.45, 7) is 0.575. The van der Waals surface area contributed by atoms with Crippen LogP contribution in [-0.2, 0) is 6.54 Å². The van der Waals surface area contributed by atoms with Crippen LogP contribution < -0.4 is 5.32 Å². The van der Waals surface area contributed by atoms with Gasteiger partial charge in [0.25, 0.3) is 0 Å². The normalized spacial score (nSPS) is 17.6. The van der Waals surface area contributed by atoms with Crippen molar-refractivity contribution in [1.29, 1.82) is 0 Å². The highest BCUT2D eigenvalue weighted by molar-refractivity contribution is 7.99. The first-order valence-corrected chi connectivity index (χ1v) is 8.09. The van der Waals surface area contributed by atoms with Crippen molar-refractivity contribution in [3.8, 4) is 0 Å². The SMILES string of the molecule is Fc1ccc2c(c1)C(NCc1ccc(F)c(Cl)c1)CCS2. The summed E-state index contributed by atoms with van der Waals surface area (Å²) in [7, 11) is 0. The number of hydrogen-bond donors (Lipinski definition) is 1. The largest absolute Gasteiger partial charge is 0.306 e. The maximum atomic E-state index is 13.4. The summed E-state index contributed by atoms with van der Waals surface area (Å²) in [5.74, 6) is 0.371. The number of thioether (sulfide) groups is 1. The van der Waals surface area contributed by atoms with Crippen LogP contribution in [0.2, 0.25) is 5.02 Å². The Morgan fingerprint density at radius 1 is 1.19 bits per heavy atom. The van der Waals surface area contributed by atoms with Crippen LogP contribution in [0.3, 0.4) is 0 Å². The molecule has 1 aliphatic heterocycles. The van der Waals surface area contributed by atoms with Crippen molar-refractivity contribution in [2.45, 2.75) is 23.9 Å². The molecule has 0 amide bonds. The van der Waals surface area contributed by atoms with Gasteiger partial charge in [-0.15, -0.1) is 11.8 Å². The fourth-order valence-electron chi connectivity index (χ4n) is 2.47. The lowest BCUT2D eigenvalue weighted by atomic mass is 10.0. The van der Waals surface area contributed by atoms with E-state index in [4.69, 9.17) is 11.6 Å². The quantitative estimate of drug-likeness (QED) is 0.857. The predicted molar refractivity (Wildman–Crippen MR) is 82.7 cm³/mol. The smallest absolute Gasteiger partial charge is 0.141 e. The number of nitrogens with one attached hydrogen (secondary N) is 1. The van der Waals surface area contributed by atoms with E-state index in [1.165, 1.54) is 12.1 Å². The van der Waals surface area contributed by atoms with Gasteiger partial charge in [0, 0.05) is 17.5 Å². The van der Waals surface area contributed by atoms with Gasteiger partial charge in [0.1, 0.15) is 11.6 Å². The van der Waals surface area contributed by atoms with Gasteiger partial charge >= 0.3 is 0 Å². The average Bonchev–Trinajstić information content (AvgIpc) is 2.48. The Morgan fingerprint density at radius 3 is 2.86 bits per heavy atom. The van der Waals surface area contributed by atoms with Gasteiger partial charge in [-0.2, -0.15) is 0 Å². The van der Waals surface area contributed by atoms with Crippen LogP contribution in [0.4, 0.5) is 8.78 Å². The van der Waals surface area contributed by atoms with Gasteiger partial charge in [-0.3, -0.25) is 0 Å². The molecule has 0 fully saturated rings. The van der Waals surface area contributed by atoms with Crippen molar-refractivity contribution in [1.82, 2.24) is 5.32 Å². The van der Waals surface area contributed by atoms with Gasteiger partial charge in [-0.1, -0.05) is 17.7 Å². The first-order valence-electron chi connectivity index (χ1n) is 6.73. The van der Waals surface area contributed by atoms with Crippen LogP contribution in [0.5, 0.6) is 0 Å². The van der Waals surface area contributed by atoms with E-state index in [-0.39, 0.29) is 16.9 Å². The molecule has 21 heavy (non-hydrogen) atoms. The molecule has 0 radical (unpaired) electrons. The molecule has 0 bridgehead atoms. The van der Waals surface area contributed by atoms with E-state index in [1.807, 2.05) is 6.07 Å². The topological polar surface area (TPSA) is 12.0 Å². The molecular weight excluding hydrogens is 312 g/mol. The van der Waals surface area contributed by atoms with E-state index >= 15 is 0 Å². The highest BCUT2D eigenvalue weighted by Crippen LogP contribution is 2.36. The summed E-state index contributed by atoms with van der Waals surface area (Å²) in [5, 5.41) is 3.53. The van der Waals surface area contributed by atoms with E-state index in [1.54, 1.807) is 30.0 Å². The lowest BCUT2D eigenvalue weighted by Gasteiger charge is -2.26. The third-order valence-corrected chi connectivity index (χ3v) is 4.96. The van der Waals surface area contributed by atoms with Crippen molar-refractivity contribution in [3.05, 3.63) is 64.2 Å². The lowest BCUT2D eigenvalue weighted by Crippen LogP contribution is -2.24. The molecule has 2 aromatic carbocycles. The molecule has 3 rings (SSSR count). The first-order chi connectivity index (χ1) is 10.1. The minimum atomic E-state index is -0.415. The second kappa shape index (κ2) is 6.34. The lowest BCUT2D eigenvalue weighted by molar-refractivity contribution is 0.504. The standard InChI is InChI=1S/C16H14ClF2NS/c17-13-7-10(1-3-14(13)19)9-20-15-5-6-21-16-4-2-11(18)8-12(15)16/h1-4,7-8,15,20H,5-6,9H2. The zero-order valence-corrected chi connectivity index (χ0v) is 12.8. The molecule has 1 aliphatic rings. The molecule has 0 spiro atoms. The molecule has 110 valence electrons. The Kier molecular flexibility index (Phi) is 4.48. The maximum absolute atomic E-state index is 13.4. The predicted octanol–water partition coefficient (Wildman–Crippen LogP) is 4.94. The fraction of sp³-hybridized carbons (Fsp3) is 0.250. The van der Waals surface area contributed by atoms with Crippen LogP contribution in [0.15, 0.2) is 41.3 Å². The number of hydrogen-bond acceptors (Lipinski definition) is 2. The zero-order chi connectivity index (χ0) is 14.8. The third-order valence-electron chi connectivity index (χ3n) is 3.55. The highest BCUT2D eigenvalue weighted by Gasteiger charge is 2.20. The molecule has 2 aromatic rings. The summed E-state index contributed by atoms with van der Waals surface area (Å²) in [5.41, 5.74) is 1.91. The molecule has 0 aromatic heterocycles. The molecule has 1 N–H and O–H groups in total. The second-order valence-corrected chi connectivity index (χ2v) is 6.55. The van der Waals surface area contributed by atoms with Crippen molar-refractivity contribution < 1.29 is 8.78 Å². The molecule has 1 heterocycles. The summed E-state index contributed by atoms with van der Waals surface area (Å²) >= 11 is 7.53. The Hall–Kier alpha value is -1.10. The van der Waals surface area contributed by atoms with Gasteiger partial charge < -0.3 is 5.32 Å². The molecule has 1 nitrogen and oxygen atoms in total. The summed E-state index contributed by atoms with van der Waals surface area (Å²) < 4.78 is 26.6. The van der Waals surface area contributed by atoms with Gasteiger partial charge in [-0.05, 0) is 53.6 Å². The number of rotatable bonds is 3. The van der Waals surface area contributed by atoms with Crippen LogP contribution in [0.1, 0.15) is 23.6 Å². The summed E-state index contributed by atoms with van der Waals surface area (Å²) in [6.07, 6.45) is 0.941. The highest BCUT2D eigenvalue weighted by atomic mass is 35.5. The average molecular weight is 326 g/mol. The van der Waals surface area contributed by atoms with Crippen molar-refractivity contribution >= 4 is 23.4 Å². The molecule has 0 saturated carbocycles. The number of halogens is 3. The van der Waals surface area contributed by atoms with Crippen LogP contribution in [0, 0.1) is 11.6 Å². The molecule has 5 heteroatoms. The van der Waals surface area contributed by atoms with Gasteiger partial charge in [0.15, 0.2) is 0 Å². The molecular formula is C16H14ClF2NS. The fourth-order valence-corrected chi connectivity index (χ4v) is 3.78. The zero-order valence-electron chi connectivity index (χ0n) is 11.2. The Balaban J connectivity index is 1.74. The molecule has 1 atom stereocenters. The molecule has 1 unspecified atom stereocenters. The van der Waals surface area contributed by atoms with Crippen LogP contribution in [0.25, 0.3) is 0 Å². The van der Waals surface area contributed by atoms with E-state index in [9.17, 15) is 8.78 Å². The first kappa shape index (κ1) is 14.8. The van der Waals surface area contributed by atoms with Gasteiger partial charge in [0.2, 0.25) is 0 Å². The Morgan fingerprint density at radius 2 is 2.05 bits per heavy atom. The van der Waals surface area contributed by atoms with Gasteiger partial charge in [-0.25, -0.2) is 8.78 Å². The number of benzene rings is 2.